The van der Waals surface area contributed by atoms with Gasteiger partial charge in [-0.05, 0) is 54.7 Å². The number of carbonyl (C=O) groups is 1. The summed E-state index contributed by atoms with van der Waals surface area (Å²) in [6, 6.07) is 13.5. The van der Waals surface area contributed by atoms with E-state index in [0.29, 0.717) is 24.3 Å². The van der Waals surface area contributed by atoms with Crippen molar-refractivity contribution in [1.29, 1.82) is 0 Å². The fraction of sp³-hybridized carbons (Fsp3) is 0.320. The van der Waals surface area contributed by atoms with Crippen LogP contribution in [0.5, 0.6) is 5.75 Å². The van der Waals surface area contributed by atoms with Crippen molar-refractivity contribution in [3.8, 4) is 5.75 Å². The molecule has 1 aliphatic heterocycles. The molecular weight excluding hydrogens is 404 g/mol. The van der Waals surface area contributed by atoms with Gasteiger partial charge in [-0.15, -0.1) is 0 Å². The molecule has 1 N–H and O–H groups in total. The van der Waals surface area contributed by atoms with E-state index < -0.39 is 0 Å². The number of nitrogens with zero attached hydrogens (tertiary/aromatic N) is 3. The average molecular weight is 431 g/mol. The third-order valence-electron chi connectivity index (χ3n) is 6.51. The number of carbonyl (C=O) groups excluding carboxylic acids is 1. The second kappa shape index (κ2) is 8.49. The molecule has 1 fully saturated rings. The molecule has 0 aliphatic carbocycles. The first-order chi connectivity index (χ1) is 15.6. The fourth-order valence-electron chi connectivity index (χ4n) is 4.72. The minimum atomic E-state index is -0.0971. The van der Waals surface area contributed by atoms with E-state index in [2.05, 4.69) is 22.3 Å². The van der Waals surface area contributed by atoms with Crippen LogP contribution >= 0.6 is 0 Å². The lowest BCUT2D eigenvalue weighted by molar-refractivity contribution is -0.132. The van der Waals surface area contributed by atoms with Gasteiger partial charge in [-0.25, -0.2) is 0 Å². The molecule has 1 aliphatic rings. The zero-order valence-electron chi connectivity index (χ0n) is 18.1. The van der Waals surface area contributed by atoms with E-state index in [0.717, 1.165) is 42.7 Å². The van der Waals surface area contributed by atoms with Crippen LogP contribution in [-0.4, -0.2) is 45.8 Å². The Morgan fingerprint density at radius 2 is 1.97 bits per heavy atom. The molecule has 7 nitrogen and oxygen atoms in total. The van der Waals surface area contributed by atoms with Crippen molar-refractivity contribution in [2.45, 2.75) is 31.7 Å². The van der Waals surface area contributed by atoms with Crippen LogP contribution in [0.1, 0.15) is 30.7 Å². The average Bonchev–Trinajstić information content (AvgIpc) is 3.27. The van der Waals surface area contributed by atoms with Crippen molar-refractivity contribution < 1.29 is 9.53 Å². The summed E-state index contributed by atoms with van der Waals surface area (Å²) < 4.78 is 7.14. The molecular formula is C25H26N4O3. The third-order valence-corrected chi connectivity index (χ3v) is 6.51. The van der Waals surface area contributed by atoms with Crippen molar-refractivity contribution in [3.63, 3.8) is 0 Å². The molecule has 5 rings (SSSR count). The Morgan fingerprint density at radius 3 is 2.78 bits per heavy atom. The van der Waals surface area contributed by atoms with E-state index in [9.17, 15) is 9.59 Å². The molecule has 0 spiro atoms. The van der Waals surface area contributed by atoms with Crippen molar-refractivity contribution in [3.05, 3.63) is 70.6 Å². The van der Waals surface area contributed by atoms with E-state index >= 15 is 0 Å². The number of benzene rings is 2. The van der Waals surface area contributed by atoms with Gasteiger partial charge in [0.2, 0.25) is 11.3 Å². The van der Waals surface area contributed by atoms with E-state index in [1.165, 1.54) is 17.1 Å². The lowest BCUT2D eigenvalue weighted by atomic mass is 9.89. The number of para-hydroxylation sites is 1. The molecule has 0 bridgehead atoms. The lowest BCUT2D eigenvalue weighted by Crippen LogP contribution is -2.38. The van der Waals surface area contributed by atoms with E-state index in [1.54, 1.807) is 17.9 Å². The van der Waals surface area contributed by atoms with Gasteiger partial charge >= 0.3 is 0 Å². The molecule has 1 amide bonds. The Morgan fingerprint density at radius 1 is 1.16 bits per heavy atom. The van der Waals surface area contributed by atoms with Crippen molar-refractivity contribution in [1.82, 2.24) is 19.7 Å². The standard InChI is InChI=1S/C25H26N4O3/c1-32-18-6-7-22-20(14-18)21(15-26-22)17-8-11-28(12-9-17)25(31)10-13-29-23-5-3-2-4-19(23)24(30)16-27-29/h2-7,14-17,26H,8-13H2,1H3. The van der Waals surface area contributed by atoms with Gasteiger partial charge in [0.05, 0.1) is 25.4 Å². The molecule has 164 valence electrons. The second-order valence-corrected chi connectivity index (χ2v) is 8.31. The maximum Gasteiger partial charge on any atom is 0.224 e. The molecule has 3 heterocycles. The zero-order chi connectivity index (χ0) is 22.1. The van der Waals surface area contributed by atoms with Crippen LogP contribution in [0.3, 0.4) is 0 Å². The van der Waals surface area contributed by atoms with Gasteiger partial charge in [-0.2, -0.15) is 5.10 Å². The number of H-pyrrole nitrogens is 1. The maximum absolute atomic E-state index is 12.9. The molecule has 0 unspecified atom stereocenters. The Bertz CT molecular complexity index is 1330. The number of amides is 1. The lowest BCUT2D eigenvalue weighted by Gasteiger charge is -2.32. The Balaban J connectivity index is 1.23. The second-order valence-electron chi connectivity index (χ2n) is 8.31. The number of piperidine rings is 1. The van der Waals surface area contributed by atoms with Gasteiger partial charge in [0, 0.05) is 42.0 Å². The number of aromatic amines is 1. The maximum atomic E-state index is 12.9. The molecule has 0 radical (unpaired) electrons. The van der Waals surface area contributed by atoms with Crippen molar-refractivity contribution >= 4 is 27.7 Å². The summed E-state index contributed by atoms with van der Waals surface area (Å²) in [6.07, 6.45) is 5.67. The van der Waals surface area contributed by atoms with Crippen molar-refractivity contribution in [2.75, 3.05) is 20.2 Å². The quantitative estimate of drug-likeness (QED) is 0.524. The molecule has 32 heavy (non-hydrogen) atoms. The van der Waals surface area contributed by atoms with Gasteiger partial charge in [0.25, 0.3) is 0 Å². The predicted octanol–water partition coefficient (Wildman–Crippen LogP) is 3.68. The highest BCUT2D eigenvalue weighted by Crippen LogP contribution is 2.34. The number of likely N-dealkylation sites (tertiary alicyclic amines) is 1. The summed E-state index contributed by atoms with van der Waals surface area (Å²) >= 11 is 0. The molecule has 2 aromatic carbocycles. The van der Waals surface area contributed by atoms with Gasteiger partial charge in [0.1, 0.15) is 5.75 Å². The molecule has 7 heteroatoms. The smallest absolute Gasteiger partial charge is 0.224 e. The monoisotopic (exact) mass is 430 g/mol. The van der Waals surface area contributed by atoms with Crippen molar-refractivity contribution in [2.24, 2.45) is 0 Å². The number of hydrogen-bond acceptors (Lipinski definition) is 4. The number of hydrogen-bond donors (Lipinski definition) is 1. The number of fused-ring (bicyclic) bond motifs is 2. The van der Waals surface area contributed by atoms with Crippen LogP contribution in [0, 0.1) is 0 Å². The highest BCUT2D eigenvalue weighted by molar-refractivity contribution is 5.85. The molecule has 1 saturated heterocycles. The number of methoxy groups -OCH3 is 1. The van der Waals surface area contributed by atoms with Gasteiger partial charge < -0.3 is 14.6 Å². The highest BCUT2D eigenvalue weighted by atomic mass is 16.5. The van der Waals surface area contributed by atoms with Gasteiger partial charge in [-0.1, -0.05) is 12.1 Å². The molecule has 0 saturated carbocycles. The number of ether oxygens (including phenoxy) is 1. The summed E-state index contributed by atoms with van der Waals surface area (Å²) in [7, 11) is 1.68. The number of aryl methyl sites for hydroxylation is 1. The first-order valence-electron chi connectivity index (χ1n) is 11.0. The first kappa shape index (κ1) is 20.3. The molecule has 2 aromatic heterocycles. The fourth-order valence-corrected chi connectivity index (χ4v) is 4.72. The summed E-state index contributed by atoms with van der Waals surface area (Å²) in [5.41, 5.74) is 3.08. The minimum Gasteiger partial charge on any atom is -0.497 e. The Labute approximate surface area is 185 Å². The van der Waals surface area contributed by atoms with Crippen LogP contribution in [0.4, 0.5) is 0 Å². The predicted molar refractivity (Wildman–Crippen MR) is 124 cm³/mol. The normalized spacial score (nSPS) is 14.8. The number of aromatic nitrogens is 3. The first-order valence-corrected chi connectivity index (χ1v) is 11.0. The SMILES string of the molecule is COc1ccc2[nH]cc(C3CCN(C(=O)CCn4ncc(=O)c5ccccc54)CC3)c2c1. The van der Waals surface area contributed by atoms with Crippen LogP contribution in [0.2, 0.25) is 0 Å². The van der Waals surface area contributed by atoms with Crippen LogP contribution < -0.4 is 10.2 Å². The summed E-state index contributed by atoms with van der Waals surface area (Å²) in [6.45, 7) is 1.96. The van der Waals surface area contributed by atoms with Crippen LogP contribution in [0.25, 0.3) is 21.8 Å². The largest absolute Gasteiger partial charge is 0.497 e. The third kappa shape index (κ3) is 3.75. The van der Waals surface area contributed by atoms with E-state index in [4.69, 9.17) is 4.74 Å². The summed E-state index contributed by atoms with van der Waals surface area (Å²) in [4.78, 5) is 30.2. The summed E-state index contributed by atoms with van der Waals surface area (Å²) in [5.74, 6) is 1.41. The van der Waals surface area contributed by atoms with Gasteiger partial charge in [0.15, 0.2) is 0 Å². The van der Waals surface area contributed by atoms with Crippen LogP contribution in [-0.2, 0) is 11.3 Å². The Kier molecular flexibility index (Phi) is 5.39. The number of rotatable bonds is 5. The highest BCUT2D eigenvalue weighted by Gasteiger charge is 2.25. The van der Waals surface area contributed by atoms with E-state index in [1.807, 2.05) is 35.2 Å². The van der Waals surface area contributed by atoms with Crippen LogP contribution in [0.15, 0.2) is 59.7 Å². The number of nitrogens with one attached hydrogen (secondary N) is 1. The molecule has 0 atom stereocenters. The molecule has 4 aromatic rings. The minimum absolute atomic E-state index is 0.0971. The van der Waals surface area contributed by atoms with Gasteiger partial charge in [-0.3, -0.25) is 14.3 Å². The van der Waals surface area contributed by atoms with E-state index in [-0.39, 0.29) is 11.3 Å². The Hall–Kier alpha value is -3.61. The topological polar surface area (TPSA) is 80.2 Å². The summed E-state index contributed by atoms with van der Waals surface area (Å²) in [5, 5.41) is 6.06. The zero-order valence-corrected chi connectivity index (χ0v) is 18.1.